The van der Waals surface area contributed by atoms with Crippen molar-refractivity contribution >= 4 is 5.97 Å². The van der Waals surface area contributed by atoms with Crippen LogP contribution < -0.4 is 5.90 Å². The molecule has 0 aromatic rings. The minimum absolute atomic E-state index is 0.410. The number of rotatable bonds is 3. The number of hydrogen-bond acceptors (Lipinski definition) is 3. The first kappa shape index (κ1) is 9.65. The maximum atomic E-state index is 10.7. The van der Waals surface area contributed by atoms with E-state index in [1.807, 2.05) is 0 Å². The third kappa shape index (κ3) is 3.37. The molecule has 3 heteroatoms. The molecule has 0 aliphatic heterocycles. The Labute approximate surface area is 65.8 Å². The Bertz CT molecular complexity index is 204. The smallest absolute Gasteiger partial charge is 0.356 e. The summed E-state index contributed by atoms with van der Waals surface area (Å²) in [6, 6.07) is 0. The molecule has 2 N–H and O–H groups in total. The van der Waals surface area contributed by atoms with E-state index in [0.717, 1.165) is 0 Å². The number of hydrogen-bond donors (Lipinski definition) is 1. The molecule has 0 aromatic heterocycles. The van der Waals surface area contributed by atoms with E-state index in [1.54, 1.807) is 31.2 Å². The van der Waals surface area contributed by atoms with Crippen LogP contribution in [0.5, 0.6) is 0 Å². The molecule has 0 bridgehead atoms. The molecule has 0 saturated heterocycles. The van der Waals surface area contributed by atoms with Gasteiger partial charge >= 0.3 is 5.97 Å². The first-order valence-electron chi connectivity index (χ1n) is 3.12. The SMILES string of the molecule is C=C/C=C\C(=C/C)C(=O)ON. The molecular weight excluding hydrogens is 142 g/mol. The van der Waals surface area contributed by atoms with Crippen LogP contribution >= 0.6 is 0 Å². The fourth-order valence-electron chi connectivity index (χ4n) is 0.522. The second kappa shape index (κ2) is 5.44. The summed E-state index contributed by atoms with van der Waals surface area (Å²) in [6.45, 7) is 5.18. The zero-order valence-electron chi connectivity index (χ0n) is 6.41. The number of carbonyl (C=O) groups excluding carboxylic acids is 1. The van der Waals surface area contributed by atoms with Gasteiger partial charge in [0.1, 0.15) is 0 Å². The van der Waals surface area contributed by atoms with Gasteiger partial charge in [-0.2, -0.15) is 5.90 Å². The molecular formula is C8H11NO2. The minimum atomic E-state index is -0.550. The standard InChI is InChI=1S/C8H11NO2/c1-3-5-6-7(4-2)8(10)11-9/h3-6H,1,9H2,2H3/b6-5-,7-4+. The molecule has 11 heavy (non-hydrogen) atoms. The lowest BCUT2D eigenvalue weighted by Gasteiger charge is -1.95. The highest BCUT2D eigenvalue weighted by Gasteiger charge is 2.02. The topological polar surface area (TPSA) is 52.3 Å². The monoisotopic (exact) mass is 153 g/mol. The van der Waals surface area contributed by atoms with E-state index in [1.165, 1.54) is 0 Å². The second-order valence-electron chi connectivity index (χ2n) is 1.74. The Morgan fingerprint density at radius 2 is 2.27 bits per heavy atom. The molecule has 3 nitrogen and oxygen atoms in total. The van der Waals surface area contributed by atoms with Crippen molar-refractivity contribution in [3.8, 4) is 0 Å². The molecule has 0 unspecified atom stereocenters. The van der Waals surface area contributed by atoms with Crippen LogP contribution in [0.1, 0.15) is 6.92 Å². The molecule has 0 atom stereocenters. The Kier molecular flexibility index (Phi) is 4.77. The third-order valence-electron chi connectivity index (χ3n) is 1.07. The summed E-state index contributed by atoms with van der Waals surface area (Å²) < 4.78 is 0. The average Bonchev–Trinajstić information content (AvgIpc) is 2.05. The van der Waals surface area contributed by atoms with Gasteiger partial charge in [-0.3, -0.25) is 0 Å². The number of allylic oxidation sites excluding steroid dienone is 3. The summed E-state index contributed by atoms with van der Waals surface area (Å²) in [5.41, 5.74) is 0.410. The van der Waals surface area contributed by atoms with Crippen molar-refractivity contribution in [1.29, 1.82) is 0 Å². The van der Waals surface area contributed by atoms with Crippen LogP contribution in [0, 0.1) is 0 Å². The summed E-state index contributed by atoms with van der Waals surface area (Å²) >= 11 is 0. The van der Waals surface area contributed by atoms with Gasteiger partial charge in [0.15, 0.2) is 0 Å². The average molecular weight is 153 g/mol. The molecule has 0 aromatic carbocycles. The maximum Gasteiger partial charge on any atom is 0.356 e. The molecule has 0 aliphatic rings. The van der Waals surface area contributed by atoms with Gasteiger partial charge in [0, 0.05) is 0 Å². The summed E-state index contributed by atoms with van der Waals surface area (Å²) in [4.78, 5) is 14.8. The summed E-state index contributed by atoms with van der Waals surface area (Å²) in [5.74, 6) is 4.12. The van der Waals surface area contributed by atoms with E-state index >= 15 is 0 Å². The molecule has 0 aliphatic carbocycles. The van der Waals surface area contributed by atoms with Crippen LogP contribution in [0.2, 0.25) is 0 Å². The van der Waals surface area contributed by atoms with Crippen molar-refractivity contribution in [2.75, 3.05) is 0 Å². The lowest BCUT2D eigenvalue weighted by molar-refractivity contribution is -0.139. The lowest BCUT2D eigenvalue weighted by Crippen LogP contribution is -2.10. The van der Waals surface area contributed by atoms with Crippen LogP contribution in [0.15, 0.2) is 36.5 Å². The van der Waals surface area contributed by atoms with Crippen LogP contribution in [0.25, 0.3) is 0 Å². The summed E-state index contributed by atoms with van der Waals surface area (Å²) in [7, 11) is 0. The van der Waals surface area contributed by atoms with Crippen molar-refractivity contribution in [3.63, 3.8) is 0 Å². The fraction of sp³-hybridized carbons (Fsp3) is 0.125. The van der Waals surface area contributed by atoms with Crippen LogP contribution in [-0.4, -0.2) is 5.97 Å². The van der Waals surface area contributed by atoms with Crippen LogP contribution in [0.4, 0.5) is 0 Å². The Balaban J connectivity index is 4.31. The third-order valence-corrected chi connectivity index (χ3v) is 1.07. The summed E-state index contributed by atoms with van der Waals surface area (Å²) in [5, 5.41) is 0. The Hall–Kier alpha value is -1.35. The van der Waals surface area contributed by atoms with Crippen molar-refractivity contribution in [1.82, 2.24) is 0 Å². The lowest BCUT2D eigenvalue weighted by atomic mass is 10.2. The first-order chi connectivity index (χ1) is 5.26. The first-order valence-corrected chi connectivity index (χ1v) is 3.12. The number of nitrogens with two attached hydrogens (primary N) is 1. The normalized spacial score (nSPS) is 11.6. The minimum Gasteiger partial charge on any atom is -0.370 e. The van der Waals surface area contributed by atoms with Crippen LogP contribution in [0.3, 0.4) is 0 Å². The van der Waals surface area contributed by atoms with Crippen LogP contribution in [-0.2, 0) is 9.63 Å². The summed E-state index contributed by atoms with van der Waals surface area (Å²) in [6.07, 6.45) is 6.37. The molecule has 0 fully saturated rings. The van der Waals surface area contributed by atoms with Gasteiger partial charge in [0.05, 0.1) is 5.57 Å². The van der Waals surface area contributed by atoms with E-state index in [9.17, 15) is 4.79 Å². The molecule has 0 saturated carbocycles. The quantitative estimate of drug-likeness (QED) is 0.375. The van der Waals surface area contributed by atoms with Crippen molar-refractivity contribution < 1.29 is 9.63 Å². The zero-order chi connectivity index (χ0) is 8.69. The highest BCUT2D eigenvalue weighted by Crippen LogP contribution is 1.98. The van der Waals surface area contributed by atoms with E-state index in [0.29, 0.717) is 5.57 Å². The largest absolute Gasteiger partial charge is 0.370 e. The van der Waals surface area contributed by atoms with Crippen molar-refractivity contribution in [3.05, 3.63) is 36.5 Å². The zero-order valence-corrected chi connectivity index (χ0v) is 6.41. The second-order valence-corrected chi connectivity index (χ2v) is 1.74. The van der Waals surface area contributed by atoms with Gasteiger partial charge in [-0.05, 0) is 13.0 Å². The van der Waals surface area contributed by atoms with E-state index < -0.39 is 5.97 Å². The molecule has 0 spiro atoms. The van der Waals surface area contributed by atoms with Gasteiger partial charge in [0.25, 0.3) is 0 Å². The Morgan fingerprint density at radius 1 is 1.64 bits per heavy atom. The molecule has 0 radical (unpaired) electrons. The molecule has 0 amide bonds. The van der Waals surface area contributed by atoms with Crippen molar-refractivity contribution in [2.45, 2.75) is 6.92 Å². The van der Waals surface area contributed by atoms with Gasteiger partial charge in [-0.15, -0.1) is 0 Å². The van der Waals surface area contributed by atoms with Gasteiger partial charge in [-0.25, -0.2) is 4.79 Å². The van der Waals surface area contributed by atoms with Crippen molar-refractivity contribution in [2.24, 2.45) is 5.90 Å². The fourth-order valence-corrected chi connectivity index (χ4v) is 0.522. The Morgan fingerprint density at radius 3 is 2.64 bits per heavy atom. The van der Waals surface area contributed by atoms with Gasteiger partial charge in [-0.1, -0.05) is 24.8 Å². The van der Waals surface area contributed by atoms with E-state index in [4.69, 9.17) is 0 Å². The van der Waals surface area contributed by atoms with E-state index in [-0.39, 0.29) is 0 Å². The highest BCUT2D eigenvalue weighted by atomic mass is 16.7. The predicted molar refractivity (Wildman–Crippen MR) is 43.4 cm³/mol. The molecule has 0 heterocycles. The highest BCUT2D eigenvalue weighted by molar-refractivity contribution is 5.91. The predicted octanol–water partition coefficient (Wildman–Crippen LogP) is 1.09. The molecule has 60 valence electrons. The van der Waals surface area contributed by atoms with E-state index in [2.05, 4.69) is 17.3 Å². The maximum absolute atomic E-state index is 10.7. The molecule has 0 rings (SSSR count). The van der Waals surface area contributed by atoms with Gasteiger partial charge < -0.3 is 4.84 Å². The van der Waals surface area contributed by atoms with Gasteiger partial charge in [0.2, 0.25) is 0 Å². The number of carbonyl (C=O) groups is 1.